The van der Waals surface area contributed by atoms with Crippen LogP contribution in [0.2, 0.25) is 10.0 Å². The Hall–Kier alpha value is -2.52. The maximum absolute atomic E-state index is 13.5. The monoisotopic (exact) mass is 566 g/mol. The van der Waals surface area contributed by atoms with Crippen molar-refractivity contribution < 1.29 is 24.3 Å². The molecule has 208 valence electrons. The van der Waals surface area contributed by atoms with E-state index in [1.54, 1.807) is 17.0 Å². The Bertz CT molecular complexity index is 1080. The van der Waals surface area contributed by atoms with E-state index in [-0.39, 0.29) is 54.0 Å². The number of hydrogen-bond donors (Lipinski definition) is 2. The predicted octanol–water partition coefficient (Wildman–Crippen LogP) is 3.69. The Morgan fingerprint density at radius 3 is 2.29 bits per heavy atom. The third-order valence-electron chi connectivity index (χ3n) is 8.21. The van der Waals surface area contributed by atoms with Crippen molar-refractivity contribution in [2.24, 2.45) is 17.8 Å². The van der Waals surface area contributed by atoms with Gasteiger partial charge in [-0.05, 0) is 50.8 Å². The van der Waals surface area contributed by atoms with Crippen LogP contribution in [0.25, 0.3) is 0 Å². The van der Waals surface area contributed by atoms with Gasteiger partial charge in [-0.25, -0.2) is 4.79 Å². The van der Waals surface area contributed by atoms with Gasteiger partial charge in [0.2, 0.25) is 17.7 Å². The first kappa shape index (κ1) is 28.5. The van der Waals surface area contributed by atoms with Crippen molar-refractivity contribution in [3.05, 3.63) is 33.8 Å². The second kappa shape index (κ2) is 12.1. The van der Waals surface area contributed by atoms with Gasteiger partial charge >= 0.3 is 6.09 Å². The molecule has 1 unspecified atom stereocenters. The lowest BCUT2D eigenvalue weighted by Gasteiger charge is -2.39. The lowest BCUT2D eigenvalue weighted by Crippen LogP contribution is -2.51. The van der Waals surface area contributed by atoms with Crippen LogP contribution in [-0.2, 0) is 14.4 Å². The molecule has 0 bridgehead atoms. The highest BCUT2D eigenvalue weighted by Crippen LogP contribution is 2.37. The minimum atomic E-state index is -1.10. The zero-order valence-corrected chi connectivity index (χ0v) is 23.4. The maximum Gasteiger partial charge on any atom is 0.404 e. The Kier molecular flexibility index (Phi) is 9.08. The normalized spacial score (nSPS) is 24.7. The van der Waals surface area contributed by atoms with E-state index in [9.17, 15) is 19.2 Å². The van der Waals surface area contributed by atoms with Crippen LogP contribution in [0.1, 0.15) is 51.0 Å². The molecule has 1 aromatic rings. The van der Waals surface area contributed by atoms with E-state index in [0.29, 0.717) is 68.5 Å². The fourth-order valence-electron chi connectivity index (χ4n) is 6.03. The number of nitrogens with one attached hydrogen (secondary N) is 1. The van der Waals surface area contributed by atoms with Crippen molar-refractivity contribution in [1.29, 1.82) is 0 Å². The van der Waals surface area contributed by atoms with Gasteiger partial charge in [-0.2, -0.15) is 0 Å². The predicted molar refractivity (Wildman–Crippen MR) is 144 cm³/mol. The molecule has 3 atom stereocenters. The molecule has 0 aliphatic carbocycles. The van der Waals surface area contributed by atoms with Gasteiger partial charge in [-0.3, -0.25) is 14.4 Å². The number of carboxylic acid groups (broad SMARTS) is 1. The number of halogens is 2. The third-order valence-corrected chi connectivity index (χ3v) is 8.95. The Labute approximate surface area is 233 Å². The molecular weight excluding hydrogens is 531 g/mol. The van der Waals surface area contributed by atoms with Gasteiger partial charge in [0.1, 0.15) is 0 Å². The van der Waals surface area contributed by atoms with Crippen molar-refractivity contribution in [2.45, 2.75) is 51.5 Å². The minimum Gasteiger partial charge on any atom is -0.465 e. The van der Waals surface area contributed by atoms with E-state index in [4.69, 9.17) is 28.3 Å². The Morgan fingerprint density at radius 1 is 0.974 bits per heavy atom. The number of hydrogen-bond acceptors (Lipinski definition) is 4. The molecule has 3 aliphatic rings. The average Bonchev–Trinajstić information content (AvgIpc) is 3.32. The number of nitrogens with zero attached hydrogens (tertiary/aromatic N) is 3. The highest BCUT2D eigenvalue weighted by atomic mass is 35.5. The van der Waals surface area contributed by atoms with Gasteiger partial charge in [0.15, 0.2) is 0 Å². The summed E-state index contributed by atoms with van der Waals surface area (Å²) in [4.78, 5) is 55.5. The lowest BCUT2D eigenvalue weighted by molar-refractivity contribution is -0.147. The van der Waals surface area contributed by atoms with E-state index in [0.717, 1.165) is 5.56 Å². The third kappa shape index (κ3) is 6.37. The number of carbonyl (C=O) groups excluding carboxylic acids is 3. The van der Waals surface area contributed by atoms with Crippen molar-refractivity contribution in [3.8, 4) is 0 Å². The second-order valence-electron chi connectivity index (χ2n) is 10.9. The molecule has 3 aliphatic heterocycles. The van der Waals surface area contributed by atoms with E-state index in [1.807, 2.05) is 29.7 Å². The summed E-state index contributed by atoms with van der Waals surface area (Å²) in [6.07, 6.45) is 1.07. The van der Waals surface area contributed by atoms with E-state index in [1.165, 1.54) is 0 Å². The molecule has 3 heterocycles. The molecule has 0 radical (unpaired) electrons. The van der Waals surface area contributed by atoms with Gasteiger partial charge < -0.3 is 25.1 Å². The first-order valence-corrected chi connectivity index (χ1v) is 14.1. The lowest BCUT2D eigenvalue weighted by atomic mass is 9.89. The molecule has 11 heteroatoms. The van der Waals surface area contributed by atoms with Gasteiger partial charge in [0.25, 0.3) is 0 Å². The fourth-order valence-corrected chi connectivity index (χ4v) is 6.34. The molecule has 3 saturated heterocycles. The summed E-state index contributed by atoms with van der Waals surface area (Å²) in [6, 6.07) is 5.47. The molecule has 0 saturated carbocycles. The SMILES string of the molecule is CC(C)N1CC(C(=O)N2CCC(C(=O)N3C[C@H](CNC(=O)O)[C@H](c4ccc(Cl)c(Cl)c4)C3)CC2)CCC1=O. The van der Waals surface area contributed by atoms with Crippen LogP contribution in [0.15, 0.2) is 18.2 Å². The minimum absolute atomic E-state index is 0.0502. The summed E-state index contributed by atoms with van der Waals surface area (Å²) in [5.74, 6) is -0.291. The molecule has 3 fully saturated rings. The number of amides is 4. The first-order chi connectivity index (χ1) is 18.0. The van der Waals surface area contributed by atoms with Crippen molar-refractivity contribution in [2.75, 3.05) is 39.3 Å². The van der Waals surface area contributed by atoms with Crippen molar-refractivity contribution >= 4 is 47.0 Å². The van der Waals surface area contributed by atoms with E-state index >= 15 is 0 Å². The van der Waals surface area contributed by atoms with E-state index in [2.05, 4.69) is 5.32 Å². The van der Waals surface area contributed by atoms with Crippen LogP contribution >= 0.6 is 23.2 Å². The van der Waals surface area contributed by atoms with E-state index < -0.39 is 6.09 Å². The summed E-state index contributed by atoms with van der Waals surface area (Å²) in [7, 11) is 0. The van der Waals surface area contributed by atoms with Crippen molar-refractivity contribution in [1.82, 2.24) is 20.0 Å². The van der Waals surface area contributed by atoms with Crippen LogP contribution in [0.4, 0.5) is 4.79 Å². The smallest absolute Gasteiger partial charge is 0.404 e. The molecular formula is C27H36Cl2N4O5. The molecule has 0 spiro atoms. The summed E-state index contributed by atoms with van der Waals surface area (Å²) in [6.45, 7) is 6.60. The van der Waals surface area contributed by atoms with Crippen LogP contribution in [0.5, 0.6) is 0 Å². The second-order valence-corrected chi connectivity index (χ2v) is 11.8. The number of benzene rings is 1. The van der Waals surface area contributed by atoms with Gasteiger partial charge in [-0.1, -0.05) is 29.3 Å². The maximum atomic E-state index is 13.5. The number of rotatable bonds is 6. The number of piperidine rings is 2. The van der Waals surface area contributed by atoms with Gasteiger partial charge in [0.05, 0.1) is 16.0 Å². The summed E-state index contributed by atoms with van der Waals surface area (Å²) in [5, 5.41) is 12.5. The quantitative estimate of drug-likeness (QED) is 0.545. The largest absolute Gasteiger partial charge is 0.465 e. The Morgan fingerprint density at radius 2 is 1.66 bits per heavy atom. The number of carbonyl (C=O) groups is 4. The zero-order chi connectivity index (χ0) is 27.6. The molecule has 9 nitrogen and oxygen atoms in total. The molecule has 2 N–H and O–H groups in total. The zero-order valence-electron chi connectivity index (χ0n) is 21.9. The first-order valence-electron chi connectivity index (χ1n) is 13.3. The summed E-state index contributed by atoms with van der Waals surface area (Å²) >= 11 is 12.3. The fraction of sp³-hybridized carbons (Fsp3) is 0.630. The van der Waals surface area contributed by atoms with Gasteiger partial charge in [-0.15, -0.1) is 0 Å². The standard InChI is InChI=1S/C27H36Cl2N4O5/c1-16(2)33-14-19(4-6-24(33)34)26(36)31-9-7-17(8-10-31)25(35)32-13-20(12-30-27(37)38)21(15-32)18-3-5-22(28)23(29)11-18/h3,5,11,16-17,19-21,30H,4,6-10,12-15H2,1-2H3,(H,37,38)/t19?,20-,21-/m0/s1. The van der Waals surface area contributed by atoms with Crippen LogP contribution in [0.3, 0.4) is 0 Å². The average molecular weight is 568 g/mol. The van der Waals surface area contributed by atoms with Crippen molar-refractivity contribution in [3.63, 3.8) is 0 Å². The van der Waals surface area contributed by atoms with Crippen LogP contribution in [0, 0.1) is 17.8 Å². The van der Waals surface area contributed by atoms with Crippen LogP contribution in [-0.4, -0.2) is 88.9 Å². The molecule has 1 aromatic carbocycles. The Balaban J connectivity index is 1.36. The molecule has 4 amide bonds. The summed E-state index contributed by atoms with van der Waals surface area (Å²) in [5.41, 5.74) is 0.925. The highest BCUT2D eigenvalue weighted by Gasteiger charge is 2.40. The topological polar surface area (TPSA) is 110 Å². The van der Waals surface area contributed by atoms with Gasteiger partial charge in [0, 0.05) is 69.5 Å². The molecule has 38 heavy (non-hydrogen) atoms. The van der Waals surface area contributed by atoms with Crippen LogP contribution < -0.4 is 5.32 Å². The highest BCUT2D eigenvalue weighted by molar-refractivity contribution is 6.42. The summed E-state index contributed by atoms with van der Waals surface area (Å²) < 4.78 is 0. The number of likely N-dealkylation sites (tertiary alicyclic amines) is 3. The molecule has 4 rings (SSSR count). The molecule has 0 aromatic heterocycles.